The normalized spacial score (nSPS) is 17.2. The number of nitrogens with zero attached hydrogens (tertiary/aromatic N) is 5. The Hall–Kier alpha value is -3.36. The van der Waals surface area contributed by atoms with Crippen LogP contribution in [0.5, 0.6) is 0 Å². The van der Waals surface area contributed by atoms with Gasteiger partial charge in [0.25, 0.3) is 0 Å². The molecule has 9 heteroatoms. The van der Waals surface area contributed by atoms with E-state index in [4.69, 9.17) is 10.5 Å². The lowest BCUT2D eigenvalue weighted by molar-refractivity contribution is 0.0206. The highest BCUT2D eigenvalue weighted by atomic mass is 16.6. The van der Waals surface area contributed by atoms with Crippen LogP contribution >= 0.6 is 0 Å². The second kappa shape index (κ2) is 7.81. The van der Waals surface area contributed by atoms with Gasteiger partial charge in [0.2, 0.25) is 0 Å². The fourth-order valence-electron chi connectivity index (χ4n) is 3.53. The summed E-state index contributed by atoms with van der Waals surface area (Å²) in [5.41, 5.74) is 7.73. The third-order valence-electron chi connectivity index (χ3n) is 4.87. The minimum absolute atomic E-state index is 0.0913. The summed E-state index contributed by atoms with van der Waals surface area (Å²) in [7, 11) is 0. The molecule has 1 atom stereocenters. The zero-order valence-corrected chi connectivity index (χ0v) is 17.5. The van der Waals surface area contributed by atoms with E-state index in [-0.39, 0.29) is 12.1 Å². The van der Waals surface area contributed by atoms with E-state index in [1.807, 2.05) is 39.1 Å². The fraction of sp³-hybridized carbons (Fsp3) is 0.429. The standard InChI is InChI=1S/C21H27N7O2/c1-21(2,3)30-20(29)27-9-4-5-15(13-27)25-18-6-8-23-19(26-18)16-12-24-28-10-7-14(22)11-17(16)28/h6-8,10-12,15H,4-5,9,13,22H2,1-3H3,(H,23,25,26)/t15-/m1/s1. The van der Waals surface area contributed by atoms with Crippen molar-refractivity contribution >= 4 is 23.1 Å². The number of piperidine rings is 1. The first-order valence-electron chi connectivity index (χ1n) is 10.1. The van der Waals surface area contributed by atoms with Crippen LogP contribution in [0.4, 0.5) is 16.3 Å². The number of likely N-dealkylation sites (tertiary alicyclic amines) is 1. The Kier molecular flexibility index (Phi) is 5.19. The molecule has 1 aliphatic rings. The fourth-order valence-corrected chi connectivity index (χ4v) is 3.53. The van der Waals surface area contributed by atoms with E-state index >= 15 is 0 Å². The first-order valence-corrected chi connectivity index (χ1v) is 10.1. The van der Waals surface area contributed by atoms with Crippen LogP contribution in [0.15, 0.2) is 36.8 Å². The van der Waals surface area contributed by atoms with E-state index in [0.717, 1.165) is 23.9 Å². The van der Waals surface area contributed by atoms with Crippen molar-refractivity contribution in [2.24, 2.45) is 0 Å². The summed E-state index contributed by atoms with van der Waals surface area (Å²) < 4.78 is 7.25. The summed E-state index contributed by atoms with van der Waals surface area (Å²) in [6.45, 7) is 6.90. The summed E-state index contributed by atoms with van der Waals surface area (Å²) in [6.07, 6.45) is 6.84. The first-order chi connectivity index (χ1) is 14.3. The average molecular weight is 409 g/mol. The number of amides is 1. The van der Waals surface area contributed by atoms with Gasteiger partial charge in [-0.2, -0.15) is 5.10 Å². The van der Waals surface area contributed by atoms with Gasteiger partial charge in [-0.3, -0.25) is 0 Å². The monoisotopic (exact) mass is 409 g/mol. The summed E-state index contributed by atoms with van der Waals surface area (Å²) >= 11 is 0. The van der Waals surface area contributed by atoms with Gasteiger partial charge in [0.05, 0.1) is 17.3 Å². The molecule has 0 radical (unpaired) electrons. The highest BCUT2D eigenvalue weighted by Gasteiger charge is 2.27. The Labute approximate surface area is 175 Å². The SMILES string of the molecule is CC(C)(C)OC(=O)N1CCC[C@@H](Nc2ccnc(-c3cnn4ccc(N)cc34)n2)C1. The molecule has 158 valence electrons. The molecule has 1 saturated heterocycles. The Balaban J connectivity index is 1.49. The molecule has 30 heavy (non-hydrogen) atoms. The second-order valence-corrected chi connectivity index (χ2v) is 8.52. The molecule has 3 aromatic rings. The number of ether oxygens (including phenoxy) is 1. The molecule has 1 fully saturated rings. The minimum Gasteiger partial charge on any atom is -0.444 e. The van der Waals surface area contributed by atoms with Crippen LogP contribution < -0.4 is 11.1 Å². The van der Waals surface area contributed by atoms with E-state index in [2.05, 4.69) is 20.4 Å². The maximum absolute atomic E-state index is 12.4. The van der Waals surface area contributed by atoms with Crippen molar-refractivity contribution in [3.05, 3.63) is 36.8 Å². The number of carbonyl (C=O) groups excluding carboxylic acids is 1. The van der Waals surface area contributed by atoms with E-state index in [1.165, 1.54) is 0 Å². The molecular formula is C21H27N7O2. The maximum Gasteiger partial charge on any atom is 0.410 e. The smallest absolute Gasteiger partial charge is 0.410 e. The lowest BCUT2D eigenvalue weighted by Crippen LogP contribution is -2.47. The Morgan fingerprint density at radius 2 is 2.17 bits per heavy atom. The van der Waals surface area contributed by atoms with Crippen molar-refractivity contribution in [2.75, 3.05) is 24.1 Å². The van der Waals surface area contributed by atoms with Crippen molar-refractivity contribution in [2.45, 2.75) is 45.3 Å². The van der Waals surface area contributed by atoms with Crippen molar-refractivity contribution in [3.8, 4) is 11.4 Å². The number of fused-ring (bicyclic) bond motifs is 1. The highest BCUT2D eigenvalue weighted by Crippen LogP contribution is 2.24. The molecule has 3 aromatic heterocycles. The lowest BCUT2D eigenvalue weighted by atomic mass is 10.1. The summed E-state index contributed by atoms with van der Waals surface area (Å²) in [5.74, 6) is 1.28. The zero-order chi connectivity index (χ0) is 21.3. The third kappa shape index (κ3) is 4.45. The number of hydrogen-bond acceptors (Lipinski definition) is 7. The van der Waals surface area contributed by atoms with Crippen LogP contribution in [0.3, 0.4) is 0 Å². The molecule has 1 amide bonds. The number of pyridine rings is 1. The molecule has 3 N–H and O–H groups in total. The van der Waals surface area contributed by atoms with Crippen LogP contribution in [0.2, 0.25) is 0 Å². The average Bonchev–Trinajstić information content (AvgIpc) is 3.10. The van der Waals surface area contributed by atoms with Gasteiger partial charge in [-0.05, 0) is 51.8 Å². The lowest BCUT2D eigenvalue weighted by Gasteiger charge is -2.34. The van der Waals surface area contributed by atoms with Gasteiger partial charge in [0.1, 0.15) is 11.4 Å². The Bertz CT molecular complexity index is 1060. The summed E-state index contributed by atoms with van der Waals surface area (Å²) in [4.78, 5) is 23.2. The number of hydrogen-bond donors (Lipinski definition) is 2. The number of carbonyl (C=O) groups is 1. The number of nitrogens with two attached hydrogens (primary N) is 1. The van der Waals surface area contributed by atoms with Crippen molar-refractivity contribution in [1.29, 1.82) is 0 Å². The van der Waals surface area contributed by atoms with Crippen molar-refractivity contribution < 1.29 is 9.53 Å². The van der Waals surface area contributed by atoms with Crippen LogP contribution in [-0.4, -0.2) is 55.3 Å². The predicted octanol–water partition coefficient (Wildman–Crippen LogP) is 3.18. The number of nitrogens with one attached hydrogen (secondary N) is 1. The van der Waals surface area contributed by atoms with E-state index in [0.29, 0.717) is 30.4 Å². The highest BCUT2D eigenvalue weighted by molar-refractivity contribution is 5.78. The Morgan fingerprint density at radius 1 is 1.33 bits per heavy atom. The molecule has 0 aromatic carbocycles. The van der Waals surface area contributed by atoms with Crippen LogP contribution in [0, 0.1) is 0 Å². The topological polar surface area (TPSA) is 111 Å². The summed E-state index contributed by atoms with van der Waals surface area (Å²) in [5, 5.41) is 7.78. The number of nitrogen functional groups attached to an aromatic ring is 1. The predicted molar refractivity (Wildman–Crippen MR) is 115 cm³/mol. The molecule has 9 nitrogen and oxygen atoms in total. The number of anilines is 2. The molecule has 0 unspecified atom stereocenters. The van der Waals surface area contributed by atoms with E-state index in [1.54, 1.807) is 27.9 Å². The van der Waals surface area contributed by atoms with Gasteiger partial charge >= 0.3 is 6.09 Å². The van der Waals surface area contributed by atoms with Crippen LogP contribution in [0.1, 0.15) is 33.6 Å². The van der Waals surface area contributed by atoms with Gasteiger partial charge < -0.3 is 20.7 Å². The van der Waals surface area contributed by atoms with Gasteiger partial charge in [0.15, 0.2) is 5.82 Å². The third-order valence-corrected chi connectivity index (χ3v) is 4.87. The van der Waals surface area contributed by atoms with E-state index < -0.39 is 5.60 Å². The minimum atomic E-state index is -0.503. The molecule has 4 heterocycles. The maximum atomic E-state index is 12.4. The summed E-state index contributed by atoms with van der Waals surface area (Å²) in [6, 6.07) is 5.57. The van der Waals surface area contributed by atoms with Crippen molar-refractivity contribution in [1.82, 2.24) is 24.5 Å². The van der Waals surface area contributed by atoms with Gasteiger partial charge in [-0.1, -0.05) is 0 Å². The molecule has 0 spiro atoms. The van der Waals surface area contributed by atoms with Gasteiger partial charge in [0, 0.05) is 37.2 Å². The largest absolute Gasteiger partial charge is 0.444 e. The molecular weight excluding hydrogens is 382 g/mol. The first kappa shape index (κ1) is 19.9. The van der Waals surface area contributed by atoms with E-state index in [9.17, 15) is 4.79 Å². The molecule has 0 saturated carbocycles. The van der Waals surface area contributed by atoms with Gasteiger partial charge in [-0.15, -0.1) is 0 Å². The van der Waals surface area contributed by atoms with Crippen LogP contribution in [-0.2, 0) is 4.74 Å². The quantitative estimate of drug-likeness (QED) is 0.683. The number of aromatic nitrogens is 4. The molecule has 1 aliphatic heterocycles. The molecule has 4 rings (SSSR count). The second-order valence-electron chi connectivity index (χ2n) is 8.52. The molecule has 0 bridgehead atoms. The van der Waals surface area contributed by atoms with Crippen molar-refractivity contribution in [3.63, 3.8) is 0 Å². The van der Waals surface area contributed by atoms with Crippen LogP contribution in [0.25, 0.3) is 16.9 Å². The molecule has 0 aliphatic carbocycles. The number of rotatable bonds is 3. The van der Waals surface area contributed by atoms with Gasteiger partial charge in [-0.25, -0.2) is 19.3 Å². The Morgan fingerprint density at radius 3 is 2.97 bits per heavy atom. The zero-order valence-electron chi connectivity index (χ0n) is 17.5.